The molecule has 2 rings (SSSR count). The van der Waals surface area contributed by atoms with E-state index in [9.17, 15) is 8.42 Å². The molecule has 7 heteroatoms. The lowest BCUT2D eigenvalue weighted by Gasteiger charge is -2.08. The van der Waals surface area contributed by atoms with Crippen LogP contribution in [0, 0.1) is 0 Å². The van der Waals surface area contributed by atoms with Gasteiger partial charge in [-0.2, -0.15) is 0 Å². The Bertz CT molecular complexity index is 794. The summed E-state index contributed by atoms with van der Waals surface area (Å²) in [4.78, 5) is 0. The van der Waals surface area contributed by atoms with E-state index in [1.165, 1.54) is 0 Å². The predicted molar refractivity (Wildman–Crippen MR) is 98.4 cm³/mol. The molecule has 0 aliphatic heterocycles. The summed E-state index contributed by atoms with van der Waals surface area (Å²) in [7, 11) is -1.79. The lowest BCUT2D eigenvalue weighted by atomic mass is 10.1. The van der Waals surface area contributed by atoms with Crippen LogP contribution in [-0.2, 0) is 22.2 Å². The Labute approximate surface area is 152 Å². The van der Waals surface area contributed by atoms with Gasteiger partial charge in [-0.3, -0.25) is 0 Å². The van der Waals surface area contributed by atoms with Crippen LogP contribution in [0.5, 0.6) is 5.75 Å². The summed E-state index contributed by atoms with van der Waals surface area (Å²) in [6.45, 7) is 0.376. The Balaban J connectivity index is 1.82. The highest BCUT2D eigenvalue weighted by Crippen LogP contribution is 2.23. The molecule has 24 heavy (non-hydrogen) atoms. The van der Waals surface area contributed by atoms with Crippen molar-refractivity contribution in [3.63, 3.8) is 0 Å². The summed E-state index contributed by atoms with van der Waals surface area (Å²) in [5.74, 6) is 0.677. The Morgan fingerprint density at radius 1 is 1.04 bits per heavy atom. The fourth-order valence-electron chi connectivity index (χ4n) is 2.25. The van der Waals surface area contributed by atoms with E-state index in [4.69, 9.17) is 27.9 Å². The van der Waals surface area contributed by atoms with Gasteiger partial charge in [-0.15, -0.1) is 0 Å². The minimum atomic E-state index is -3.41. The molecule has 130 valence electrons. The maximum Gasteiger partial charge on any atom is 0.215 e. The van der Waals surface area contributed by atoms with E-state index in [0.29, 0.717) is 28.6 Å². The summed E-state index contributed by atoms with van der Waals surface area (Å²) in [5.41, 5.74) is 1.71. The normalized spacial score (nSPS) is 11.5. The van der Waals surface area contributed by atoms with Crippen molar-refractivity contribution < 1.29 is 13.2 Å². The van der Waals surface area contributed by atoms with Gasteiger partial charge in [0.15, 0.2) is 0 Å². The summed E-state index contributed by atoms with van der Waals surface area (Å²) in [5, 5.41) is 0.756. The number of sulfonamides is 1. The minimum absolute atomic E-state index is 0.122. The molecule has 0 radical (unpaired) electrons. The molecule has 0 saturated carbocycles. The number of benzene rings is 2. The fourth-order valence-corrected chi connectivity index (χ4v) is 3.74. The quantitative estimate of drug-likeness (QED) is 0.694. The van der Waals surface area contributed by atoms with E-state index in [2.05, 4.69) is 4.72 Å². The van der Waals surface area contributed by atoms with Gasteiger partial charge in [0.1, 0.15) is 5.75 Å². The molecule has 0 amide bonds. The number of ether oxygens (including phenoxy) is 1. The fraction of sp³-hybridized carbons (Fsp3) is 0.294. The second-order valence-electron chi connectivity index (χ2n) is 5.36. The summed E-state index contributed by atoms with van der Waals surface area (Å²) < 4.78 is 32.0. The maximum atomic E-state index is 12.1. The Morgan fingerprint density at radius 2 is 1.83 bits per heavy atom. The highest BCUT2D eigenvalue weighted by molar-refractivity contribution is 7.88. The molecular weight excluding hydrogens is 369 g/mol. The lowest BCUT2D eigenvalue weighted by Crippen LogP contribution is -2.26. The second-order valence-corrected chi connectivity index (χ2v) is 7.98. The minimum Gasteiger partial charge on any atom is -0.497 e. The van der Waals surface area contributed by atoms with Gasteiger partial charge < -0.3 is 4.74 Å². The van der Waals surface area contributed by atoms with Gasteiger partial charge in [-0.05, 0) is 48.2 Å². The molecule has 2 aromatic rings. The number of rotatable bonds is 8. The summed E-state index contributed by atoms with van der Waals surface area (Å²) in [6.07, 6.45) is 1.47. The second kappa shape index (κ2) is 8.72. The number of hydrogen-bond donors (Lipinski definition) is 1. The van der Waals surface area contributed by atoms with Gasteiger partial charge in [-0.1, -0.05) is 41.4 Å². The molecule has 0 bridgehead atoms. The molecule has 1 N–H and O–H groups in total. The maximum absolute atomic E-state index is 12.1. The predicted octanol–water partition coefficient (Wildman–Crippen LogP) is 4.05. The van der Waals surface area contributed by atoms with Crippen LogP contribution in [0.25, 0.3) is 0 Å². The SMILES string of the molecule is COc1cccc(CCCNS(=O)(=O)Cc2ccc(Cl)c(Cl)c2)c1. The first-order valence-electron chi connectivity index (χ1n) is 7.44. The zero-order valence-corrected chi connectivity index (χ0v) is 15.6. The van der Waals surface area contributed by atoms with E-state index in [1.807, 2.05) is 24.3 Å². The molecule has 0 spiro atoms. The zero-order valence-electron chi connectivity index (χ0n) is 13.3. The molecule has 0 saturated heterocycles. The molecule has 4 nitrogen and oxygen atoms in total. The molecule has 0 atom stereocenters. The van der Waals surface area contributed by atoms with Gasteiger partial charge in [0.05, 0.1) is 22.9 Å². The average Bonchev–Trinajstić information content (AvgIpc) is 2.55. The van der Waals surface area contributed by atoms with Gasteiger partial charge >= 0.3 is 0 Å². The number of methoxy groups -OCH3 is 1. The Morgan fingerprint density at radius 3 is 2.54 bits per heavy atom. The molecule has 0 fully saturated rings. The van der Waals surface area contributed by atoms with Crippen molar-refractivity contribution >= 4 is 33.2 Å². The van der Waals surface area contributed by atoms with Crippen molar-refractivity contribution in [2.24, 2.45) is 0 Å². The Hall–Kier alpha value is -1.27. The molecule has 0 aliphatic rings. The van der Waals surface area contributed by atoms with Crippen LogP contribution < -0.4 is 9.46 Å². The van der Waals surface area contributed by atoms with Crippen molar-refractivity contribution in [2.45, 2.75) is 18.6 Å². The topological polar surface area (TPSA) is 55.4 Å². The summed E-state index contributed by atoms with van der Waals surface area (Å²) >= 11 is 11.7. The highest BCUT2D eigenvalue weighted by Gasteiger charge is 2.12. The largest absolute Gasteiger partial charge is 0.497 e. The van der Waals surface area contributed by atoms with E-state index >= 15 is 0 Å². The van der Waals surface area contributed by atoms with Crippen LogP contribution in [0.2, 0.25) is 10.0 Å². The third-order valence-corrected chi connectivity index (χ3v) is 5.54. The zero-order chi connectivity index (χ0) is 17.6. The van der Waals surface area contributed by atoms with Crippen LogP contribution in [0.1, 0.15) is 17.5 Å². The first-order valence-corrected chi connectivity index (χ1v) is 9.84. The number of halogens is 2. The van der Waals surface area contributed by atoms with E-state index in [1.54, 1.807) is 25.3 Å². The third kappa shape index (κ3) is 5.98. The molecular formula is C17H19Cl2NO3S. The van der Waals surface area contributed by atoms with Gasteiger partial charge in [0.2, 0.25) is 10.0 Å². The molecule has 0 heterocycles. The lowest BCUT2D eigenvalue weighted by molar-refractivity contribution is 0.414. The third-order valence-electron chi connectivity index (χ3n) is 3.44. The van der Waals surface area contributed by atoms with Crippen LogP contribution in [0.15, 0.2) is 42.5 Å². The van der Waals surface area contributed by atoms with Crippen molar-refractivity contribution in [3.05, 3.63) is 63.6 Å². The first kappa shape index (κ1) is 19.1. The number of aryl methyl sites for hydroxylation is 1. The molecule has 0 aromatic heterocycles. The number of nitrogens with one attached hydrogen (secondary N) is 1. The van der Waals surface area contributed by atoms with E-state index < -0.39 is 10.0 Å². The molecule has 0 aliphatic carbocycles. The van der Waals surface area contributed by atoms with Crippen LogP contribution in [-0.4, -0.2) is 22.1 Å². The van der Waals surface area contributed by atoms with Crippen molar-refractivity contribution in [3.8, 4) is 5.75 Å². The van der Waals surface area contributed by atoms with Gasteiger partial charge in [0, 0.05) is 6.54 Å². The van der Waals surface area contributed by atoms with E-state index in [0.717, 1.165) is 17.7 Å². The number of hydrogen-bond acceptors (Lipinski definition) is 3. The van der Waals surface area contributed by atoms with Gasteiger partial charge in [-0.25, -0.2) is 13.1 Å². The average molecular weight is 388 g/mol. The Kier molecular flexibility index (Phi) is 6.92. The van der Waals surface area contributed by atoms with Crippen molar-refractivity contribution in [2.75, 3.05) is 13.7 Å². The van der Waals surface area contributed by atoms with Crippen molar-refractivity contribution in [1.29, 1.82) is 0 Å². The van der Waals surface area contributed by atoms with E-state index in [-0.39, 0.29) is 5.75 Å². The van der Waals surface area contributed by atoms with Crippen LogP contribution >= 0.6 is 23.2 Å². The van der Waals surface area contributed by atoms with Crippen LogP contribution in [0.4, 0.5) is 0 Å². The summed E-state index contributed by atoms with van der Waals surface area (Å²) in [6, 6.07) is 12.6. The standard InChI is InChI=1S/C17H19Cl2NO3S/c1-23-15-6-2-4-13(10-15)5-3-9-20-24(21,22)12-14-7-8-16(18)17(19)11-14/h2,4,6-8,10-11,20H,3,5,9,12H2,1H3. The van der Waals surface area contributed by atoms with Crippen LogP contribution in [0.3, 0.4) is 0 Å². The monoisotopic (exact) mass is 387 g/mol. The molecule has 2 aromatic carbocycles. The first-order chi connectivity index (χ1) is 11.4. The smallest absolute Gasteiger partial charge is 0.215 e. The van der Waals surface area contributed by atoms with Crippen molar-refractivity contribution in [1.82, 2.24) is 4.72 Å². The highest BCUT2D eigenvalue weighted by atomic mass is 35.5. The van der Waals surface area contributed by atoms with Gasteiger partial charge in [0.25, 0.3) is 0 Å². The molecule has 0 unspecified atom stereocenters.